The van der Waals surface area contributed by atoms with E-state index in [1.54, 1.807) is 6.92 Å². The lowest BCUT2D eigenvalue weighted by Gasteiger charge is -2.17. The molecule has 2 aromatic rings. The van der Waals surface area contributed by atoms with Gasteiger partial charge in [-0.2, -0.15) is 0 Å². The van der Waals surface area contributed by atoms with Crippen molar-refractivity contribution in [3.8, 4) is 0 Å². The van der Waals surface area contributed by atoms with Crippen molar-refractivity contribution in [2.24, 2.45) is 0 Å². The maximum Gasteiger partial charge on any atom is 0.251 e. The molecule has 0 bridgehead atoms. The van der Waals surface area contributed by atoms with Crippen LogP contribution in [-0.4, -0.2) is 17.8 Å². The SMILES string of the molecule is Cc1cc(F)ccc1C(=O)NC(CCl)Cc1ccccc1. The number of aryl methyl sites for hydroxylation is 1. The van der Waals surface area contributed by atoms with Gasteiger partial charge in [-0.25, -0.2) is 4.39 Å². The average molecular weight is 306 g/mol. The highest BCUT2D eigenvalue weighted by Gasteiger charge is 2.15. The zero-order chi connectivity index (χ0) is 15.2. The largest absolute Gasteiger partial charge is 0.348 e. The van der Waals surface area contributed by atoms with Crippen molar-refractivity contribution >= 4 is 17.5 Å². The minimum Gasteiger partial charge on any atom is -0.348 e. The molecule has 1 unspecified atom stereocenters. The third-order valence-corrected chi connectivity index (χ3v) is 3.65. The van der Waals surface area contributed by atoms with E-state index in [9.17, 15) is 9.18 Å². The summed E-state index contributed by atoms with van der Waals surface area (Å²) in [5.41, 5.74) is 2.19. The Morgan fingerprint density at radius 1 is 1.24 bits per heavy atom. The van der Waals surface area contributed by atoms with Crippen molar-refractivity contribution in [1.29, 1.82) is 0 Å². The lowest BCUT2D eigenvalue weighted by atomic mass is 10.0. The summed E-state index contributed by atoms with van der Waals surface area (Å²) >= 11 is 5.94. The van der Waals surface area contributed by atoms with Crippen LogP contribution >= 0.6 is 11.6 Å². The molecule has 0 aliphatic rings. The number of carbonyl (C=O) groups is 1. The molecular formula is C17H17ClFNO. The molecule has 0 aromatic heterocycles. The van der Waals surface area contributed by atoms with E-state index in [2.05, 4.69) is 5.32 Å². The summed E-state index contributed by atoms with van der Waals surface area (Å²) < 4.78 is 13.1. The fourth-order valence-corrected chi connectivity index (χ4v) is 2.37. The highest BCUT2D eigenvalue weighted by Crippen LogP contribution is 2.11. The summed E-state index contributed by atoms with van der Waals surface area (Å²) in [6.45, 7) is 1.71. The van der Waals surface area contributed by atoms with E-state index in [1.165, 1.54) is 18.2 Å². The second kappa shape index (κ2) is 7.23. The number of benzene rings is 2. The molecule has 1 atom stereocenters. The summed E-state index contributed by atoms with van der Waals surface area (Å²) in [4.78, 5) is 12.2. The number of halogens is 2. The second-order valence-electron chi connectivity index (χ2n) is 4.97. The minimum absolute atomic E-state index is 0.161. The van der Waals surface area contributed by atoms with Gasteiger partial charge in [-0.3, -0.25) is 4.79 Å². The van der Waals surface area contributed by atoms with Gasteiger partial charge < -0.3 is 5.32 Å². The third-order valence-electron chi connectivity index (χ3n) is 3.28. The van der Waals surface area contributed by atoms with Gasteiger partial charge in [-0.1, -0.05) is 30.3 Å². The van der Waals surface area contributed by atoms with Gasteiger partial charge in [0.25, 0.3) is 5.91 Å². The van der Waals surface area contributed by atoms with Crippen LogP contribution in [0.15, 0.2) is 48.5 Å². The Morgan fingerprint density at radius 3 is 2.57 bits per heavy atom. The van der Waals surface area contributed by atoms with Crippen LogP contribution in [0, 0.1) is 12.7 Å². The van der Waals surface area contributed by atoms with Crippen LogP contribution < -0.4 is 5.32 Å². The Hall–Kier alpha value is -1.87. The Labute approximate surface area is 128 Å². The standard InChI is InChI=1S/C17H17ClFNO/c1-12-9-14(19)7-8-16(12)17(21)20-15(11-18)10-13-5-3-2-4-6-13/h2-9,15H,10-11H2,1H3,(H,20,21). The van der Waals surface area contributed by atoms with Crippen LogP contribution in [0.3, 0.4) is 0 Å². The first-order valence-corrected chi connectivity index (χ1v) is 7.30. The molecule has 0 spiro atoms. The number of rotatable bonds is 5. The lowest BCUT2D eigenvalue weighted by Crippen LogP contribution is -2.38. The fourth-order valence-electron chi connectivity index (χ4n) is 2.19. The Balaban J connectivity index is 2.06. The van der Waals surface area contributed by atoms with Gasteiger partial charge in [0.05, 0.1) is 0 Å². The summed E-state index contributed by atoms with van der Waals surface area (Å²) in [7, 11) is 0. The lowest BCUT2D eigenvalue weighted by molar-refractivity contribution is 0.0940. The number of amides is 1. The Kier molecular flexibility index (Phi) is 5.34. The summed E-state index contributed by atoms with van der Waals surface area (Å²) in [5, 5.41) is 2.90. The first kappa shape index (κ1) is 15.5. The van der Waals surface area contributed by atoms with Gasteiger partial charge in [-0.05, 0) is 42.7 Å². The summed E-state index contributed by atoms with van der Waals surface area (Å²) in [5.74, 6) is -0.253. The van der Waals surface area contributed by atoms with Gasteiger partial charge in [0.15, 0.2) is 0 Å². The van der Waals surface area contributed by atoms with Crippen molar-refractivity contribution in [3.63, 3.8) is 0 Å². The van der Waals surface area contributed by atoms with Crippen LogP contribution in [0.5, 0.6) is 0 Å². The van der Waals surface area contributed by atoms with E-state index >= 15 is 0 Å². The van der Waals surface area contributed by atoms with Gasteiger partial charge in [0.2, 0.25) is 0 Å². The topological polar surface area (TPSA) is 29.1 Å². The van der Waals surface area contributed by atoms with Crippen LogP contribution in [-0.2, 0) is 6.42 Å². The fraction of sp³-hybridized carbons (Fsp3) is 0.235. The maximum absolute atomic E-state index is 13.1. The normalized spacial score (nSPS) is 12.0. The molecule has 21 heavy (non-hydrogen) atoms. The number of nitrogens with one attached hydrogen (secondary N) is 1. The van der Waals surface area contributed by atoms with Crippen molar-refractivity contribution < 1.29 is 9.18 Å². The van der Waals surface area contributed by atoms with Gasteiger partial charge >= 0.3 is 0 Å². The van der Waals surface area contributed by atoms with Gasteiger partial charge in [0, 0.05) is 17.5 Å². The van der Waals surface area contributed by atoms with E-state index in [0.717, 1.165) is 5.56 Å². The third kappa shape index (κ3) is 4.30. The molecule has 0 saturated carbocycles. The van der Waals surface area contributed by atoms with Crippen molar-refractivity contribution in [3.05, 3.63) is 71.0 Å². The molecule has 110 valence electrons. The van der Waals surface area contributed by atoms with Gasteiger partial charge in [0.1, 0.15) is 5.82 Å². The zero-order valence-electron chi connectivity index (χ0n) is 11.8. The van der Waals surface area contributed by atoms with E-state index in [4.69, 9.17) is 11.6 Å². The smallest absolute Gasteiger partial charge is 0.251 e. The van der Waals surface area contributed by atoms with Crippen LogP contribution in [0.1, 0.15) is 21.5 Å². The average Bonchev–Trinajstić information content (AvgIpc) is 2.47. The predicted octanol–water partition coefficient (Wildman–Crippen LogP) is 3.71. The van der Waals surface area contributed by atoms with Crippen LogP contribution in [0.4, 0.5) is 4.39 Å². The second-order valence-corrected chi connectivity index (χ2v) is 5.28. The van der Waals surface area contributed by atoms with E-state index < -0.39 is 0 Å². The molecule has 4 heteroatoms. The number of hydrogen-bond acceptors (Lipinski definition) is 1. The van der Waals surface area contributed by atoms with E-state index in [-0.39, 0.29) is 17.8 Å². The van der Waals surface area contributed by atoms with Crippen LogP contribution in [0.2, 0.25) is 0 Å². The van der Waals surface area contributed by atoms with Crippen molar-refractivity contribution in [2.45, 2.75) is 19.4 Å². The molecule has 2 rings (SSSR count). The quantitative estimate of drug-likeness (QED) is 0.838. The molecule has 0 aliphatic carbocycles. The molecule has 0 heterocycles. The number of carbonyl (C=O) groups excluding carboxylic acids is 1. The summed E-state index contributed by atoms with van der Waals surface area (Å²) in [6, 6.07) is 13.8. The highest BCUT2D eigenvalue weighted by atomic mass is 35.5. The molecule has 2 aromatic carbocycles. The first-order chi connectivity index (χ1) is 10.1. The molecular weight excluding hydrogens is 289 g/mol. The van der Waals surface area contributed by atoms with Crippen molar-refractivity contribution in [2.75, 3.05) is 5.88 Å². The molecule has 0 radical (unpaired) electrons. The predicted molar refractivity (Wildman–Crippen MR) is 83.3 cm³/mol. The Bertz CT molecular complexity index is 615. The van der Waals surface area contributed by atoms with E-state index in [0.29, 0.717) is 23.4 Å². The van der Waals surface area contributed by atoms with Crippen LogP contribution in [0.25, 0.3) is 0 Å². The number of hydrogen-bond donors (Lipinski definition) is 1. The van der Waals surface area contributed by atoms with Crippen molar-refractivity contribution in [1.82, 2.24) is 5.32 Å². The molecule has 2 nitrogen and oxygen atoms in total. The Morgan fingerprint density at radius 2 is 1.95 bits per heavy atom. The highest BCUT2D eigenvalue weighted by molar-refractivity contribution is 6.18. The molecule has 0 aliphatic heterocycles. The monoisotopic (exact) mass is 305 g/mol. The molecule has 1 amide bonds. The van der Waals surface area contributed by atoms with Gasteiger partial charge in [-0.15, -0.1) is 11.6 Å². The molecule has 1 N–H and O–H groups in total. The molecule has 0 fully saturated rings. The zero-order valence-corrected chi connectivity index (χ0v) is 12.5. The first-order valence-electron chi connectivity index (χ1n) is 6.77. The summed E-state index contributed by atoms with van der Waals surface area (Å²) in [6.07, 6.45) is 0.663. The number of alkyl halides is 1. The molecule has 0 saturated heterocycles. The minimum atomic E-state index is -0.345. The van der Waals surface area contributed by atoms with E-state index in [1.807, 2.05) is 30.3 Å². The maximum atomic E-state index is 13.1.